The van der Waals surface area contributed by atoms with Crippen LogP contribution in [0.2, 0.25) is 0 Å². The quantitative estimate of drug-likeness (QED) is 0.0801. The van der Waals surface area contributed by atoms with Gasteiger partial charge in [0.05, 0.1) is 31.0 Å². The van der Waals surface area contributed by atoms with Gasteiger partial charge in [0.2, 0.25) is 0 Å². The van der Waals surface area contributed by atoms with E-state index in [0.717, 1.165) is 0 Å². The Morgan fingerprint density at radius 1 is 0.500 bits per heavy atom. The largest absolute Gasteiger partial charge is 0.445 e. The number of carbonyl (C=O) groups is 3. The molecule has 0 unspecified atom stereocenters. The maximum Gasteiger partial charge on any atom is 0.407 e. The van der Waals surface area contributed by atoms with Crippen molar-refractivity contribution < 1.29 is 92.8 Å². The lowest BCUT2D eigenvalue weighted by Crippen LogP contribution is -2.67. The first kappa shape index (κ1) is 54.7. The first-order valence-corrected chi connectivity index (χ1v) is 24.2. The minimum atomic E-state index is -1.80. The molecule has 0 bridgehead atoms. The van der Waals surface area contributed by atoms with E-state index in [1.807, 2.05) is 6.07 Å². The molecule has 1 saturated carbocycles. The Bertz CT molecular complexity index is 2150. The first-order chi connectivity index (χ1) is 34.7. The summed E-state index contributed by atoms with van der Waals surface area (Å²) in [6, 6.07) is 22.6. The maximum absolute atomic E-state index is 13.2. The fraction of sp³-hybridized carbons (Fsp3) is 0.580. The smallest absolute Gasteiger partial charge is 0.407 e. The van der Waals surface area contributed by atoms with Gasteiger partial charge in [0, 0.05) is 0 Å². The van der Waals surface area contributed by atoms with Crippen LogP contribution in [-0.4, -0.2) is 171 Å². The van der Waals surface area contributed by atoms with Crippen molar-refractivity contribution in [1.82, 2.24) is 16.0 Å². The summed E-state index contributed by atoms with van der Waals surface area (Å²) in [6.07, 6.45) is -24.5. The predicted molar refractivity (Wildman–Crippen MR) is 249 cm³/mol. The molecule has 3 aromatic carbocycles. The summed E-state index contributed by atoms with van der Waals surface area (Å²) in [6.45, 7) is 4.02. The van der Waals surface area contributed by atoms with Crippen molar-refractivity contribution >= 4 is 18.3 Å². The number of carbonyl (C=O) groups excluding carboxylic acids is 3. The van der Waals surface area contributed by atoms with Crippen LogP contribution >= 0.6 is 0 Å². The van der Waals surface area contributed by atoms with Crippen molar-refractivity contribution in [2.24, 2.45) is 5.92 Å². The van der Waals surface area contributed by atoms with Crippen LogP contribution in [0.25, 0.3) is 0 Å². The van der Waals surface area contributed by atoms with Gasteiger partial charge in [-0.25, -0.2) is 14.4 Å². The SMILES string of the molecule is CC[C@H]1O[C@H](O[C@H]2[C@H](O[C@@H]3O[C@H](CO)[C@@H](O[C@H]4O[C@H](CC)[C@@H](O)[C@H](O)[C@H]4NC(=O)OCc4ccccc4)[C@H]3O)[C@@H](O)[C@H](NC(=O)OCc3ccccc3)C[C@@H]2C)[C@H](NC(=O)OCc2ccccc2)[C@@H](O)[C@@H]1O. The van der Waals surface area contributed by atoms with Crippen molar-refractivity contribution in [2.75, 3.05) is 6.61 Å². The van der Waals surface area contributed by atoms with E-state index in [2.05, 4.69) is 16.0 Å². The highest BCUT2D eigenvalue weighted by Gasteiger charge is 2.56. The van der Waals surface area contributed by atoms with E-state index < -0.39 is 141 Å². The number of benzene rings is 3. The Hall–Kier alpha value is -5.05. The molecular formula is C50H67N3O19. The highest BCUT2D eigenvalue weighted by atomic mass is 16.8. The van der Waals surface area contributed by atoms with E-state index >= 15 is 0 Å². The van der Waals surface area contributed by atoms with E-state index in [4.69, 9.17) is 42.6 Å². The van der Waals surface area contributed by atoms with E-state index in [-0.39, 0.29) is 39.1 Å². The predicted octanol–water partition coefficient (Wildman–Crippen LogP) is 1.22. The van der Waals surface area contributed by atoms with Crippen LogP contribution in [0.4, 0.5) is 14.4 Å². The molecule has 22 heteroatoms. The average molecular weight is 1010 g/mol. The van der Waals surface area contributed by atoms with Crippen LogP contribution in [-0.2, 0) is 62.5 Å². The number of nitrogens with one attached hydrogen (secondary N) is 3. The Morgan fingerprint density at radius 2 is 0.889 bits per heavy atom. The van der Waals surface area contributed by atoms with E-state index in [0.29, 0.717) is 16.7 Å². The molecule has 4 aliphatic rings. The number of amides is 3. The number of aliphatic hydroxyl groups is 7. The van der Waals surface area contributed by atoms with Crippen molar-refractivity contribution in [3.63, 3.8) is 0 Å². The summed E-state index contributed by atoms with van der Waals surface area (Å²) in [5.41, 5.74) is 2.06. The monoisotopic (exact) mass is 1010 g/mol. The fourth-order valence-electron chi connectivity index (χ4n) is 9.33. The second-order valence-electron chi connectivity index (χ2n) is 18.4. The van der Waals surface area contributed by atoms with Gasteiger partial charge in [-0.15, -0.1) is 0 Å². The van der Waals surface area contributed by atoms with Crippen LogP contribution < -0.4 is 16.0 Å². The summed E-state index contributed by atoms with van der Waals surface area (Å²) in [4.78, 5) is 39.5. The molecule has 19 atom stereocenters. The second kappa shape index (κ2) is 25.7. The van der Waals surface area contributed by atoms with Crippen molar-refractivity contribution in [3.8, 4) is 0 Å². The third kappa shape index (κ3) is 13.6. The minimum Gasteiger partial charge on any atom is -0.445 e. The summed E-state index contributed by atoms with van der Waals surface area (Å²) < 4.78 is 53.7. The summed E-state index contributed by atoms with van der Waals surface area (Å²) in [5.74, 6) is -0.654. The third-order valence-corrected chi connectivity index (χ3v) is 13.3. The molecule has 22 nitrogen and oxygen atoms in total. The van der Waals surface area contributed by atoms with E-state index in [1.54, 1.807) is 106 Å². The zero-order chi connectivity index (χ0) is 51.5. The lowest BCUT2D eigenvalue weighted by molar-refractivity contribution is -0.315. The third-order valence-electron chi connectivity index (χ3n) is 13.3. The molecule has 3 saturated heterocycles. The normalized spacial score (nSPS) is 35.7. The van der Waals surface area contributed by atoms with Crippen LogP contribution in [0.5, 0.6) is 0 Å². The molecule has 0 aromatic heterocycles. The maximum atomic E-state index is 13.2. The number of hydrogen-bond acceptors (Lipinski definition) is 19. The Labute approximate surface area is 416 Å². The van der Waals surface area contributed by atoms with Crippen LogP contribution in [0.1, 0.15) is 56.7 Å². The van der Waals surface area contributed by atoms with Gasteiger partial charge in [0.1, 0.15) is 86.8 Å². The van der Waals surface area contributed by atoms with Crippen molar-refractivity contribution in [3.05, 3.63) is 108 Å². The van der Waals surface area contributed by atoms with Gasteiger partial charge in [-0.3, -0.25) is 0 Å². The van der Waals surface area contributed by atoms with Crippen LogP contribution in [0.15, 0.2) is 91.0 Å². The number of alkyl carbamates (subject to hydrolysis) is 3. The minimum absolute atomic E-state index is 0.0471. The van der Waals surface area contributed by atoms with Gasteiger partial charge < -0.3 is 94.3 Å². The molecule has 0 radical (unpaired) electrons. The molecule has 0 spiro atoms. The summed E-state index contributed by atoms with van der Waals surface area (Å²) in [5, 5.41) is 87.1. The zero-order valence-corrected chi connectivity index (χ0v) is 40.1. The van der Waals surface area contributed by atoms with Crippen molar-refractivity contribution in [2.45, 2.75) is 170 Å². The summed E-state index contributed by atoms with van der Waals surface area (Å²) in [7, 11) is 0. The molecule has 3 amide bonds. The molecule has 3 aliphatic heterocycles. The van der Waals surface area contributed by atoms with Gasteiger partial charge in [0.25, 0.3) is 0 Å². The van der Waals surface area contributed by atoms with Crippen molar-refractivity contribution in [1.29, 1.82) is 0 Å². The van der Waals surface area contributed by atoms with Gasteiger partial charge in [0.15, 0.2) is 18.9 Å². The van der Waals surface area contributed by atoms with Gasteiger partial charge in [-0.1, -0.05) is 112 Å². The Balaban J connectivity index is 1.11. The lowest BCUT2D eigenvalue weighted by Gasteiger charge is -2.48. The van der Waals surface area contributed by atoms with Crippen LogP contribution in [0.3, 0.4) is 0 Å². The molecule has 3 heterocycles. The first-order valence-electron chi connectivity index (χ1n) is 24.2. The average Bonchev–Trinajstić information content (AvgIpc) is 3.69. The van der Waals surface area contributed by atoms with Gasteiger partial charge in [-0.2, -0.15) is 0 Å². The van der Waals surface area contributed by atoms with E-state index in [1.165, 1.54) is 0 Å². The number of ether oxygens (including phenoxy) is 9. The molecule has 72 heavy (non-hydrogen) atoms. The number of hydrogen-bond donors (Lipinski definition) is 10. The molecule has 396 valence electrons. The topological polar surface area (TPSA) is 312 Å². The second-order valence-corrected chi connectivity index (χ2v) is 18.4. The zero-order valence-electron chi connectivity index (χ0n) is 40.1. The van der Waals surface area contributed by atoms with E-state index in [9.17, 15) is 50.1 Å². The fourth-order valence-corrected chi connectivity index (χ4v) is 9.33. The van der Waals surface area contributed by atoms with Gasteiger partial charge in [-0.05, 0) is 41.9 Å². The molecule has 7 rings (SSSR count). The van der Waals surface area contributed by atoms with Crippen LogP contribution in [0, 0.1) is 5.92 Å². The molecule has 3 aromatic rings. The lowest BCUT2D eigenvalue weighted by atomic mass is 9.80. The Morgan fingerprint density at radius 3 is 1.31 bits per heavy atom. The Kier molecular flexibility index (Phi) is 19.6. The standard InChI is InChI=1S/C50H67N3O19/c1-4-31-37(56)39(58)34(52-49(62)65-24-28-17-11-7-12-18-28)45(67-31)70-42-26(3)21-30(51-48(61)64-23-27-15-9-6-10-16-27)36(55)44(42)72-47-41(60)43(33(22-54)69-47)71-46-35(40(59)38(57)32(5-2)68-46)53-50(63)66-25-29-19-13-8-14-20-29/h6-20,26,30-47,54-60H,4-5,21-25H2,1-3H3,(H,51,61)(H,52,62)(H,53,63)/t26-,30+,31+,32+,33+,34+,35+,36-,37+,38+,39+,40+,41+,42+,43+,44+,45+,46+,47-/m0/s1. The molecule has 4 fully saturated rings. The summed E-state index contributed by atoms with van der Waals surface area (Å²) >= 11 is 0. The van der Waals surface area contributed by atoms with Gasteiger partial charge >= 0.3 is 18.3 Å². The number of aliphatic hydroxyl groups excluding tert-OH is 7. The number of rotatable bonds is 18. The molecule has 1 aliphatic carbocycles. The highest BCUT2D eigenvalue weighted by molar-refractivity contribution is 5.68. The highest BCUT2D eigenvalue weighted by Crippen LogP contribution is 2.38. The molecule has 10 N–H and O–H groups in total. The molecular weight excluding hydrogens is 947 g/mol.